The molecule has 1 aliphatic heterocycles. The van der Waals surface area contributed by atoms with E-state index < -0.39 is 29.6 Å². The van der Waals surface area contributed by atoms with Crippen molar-refractivity contribution in [3.63, 3.8) is 0 Å². The maximum atomic E-state index is 13.1. The first-order valence-corrected chi connectivity index (χ1v) is 10.1. The fourth-order valence-corrected chi connectivity index (χ4v) is 6.32. The van der Waals surface area contributed by atoms with Gasteiger partial charge in [-0.25, -0.2) is 8.42 Å². The Morgan fingerprint density at radius 3 is 1.62 bits per heavy atom. The van der Waals surface area contributed by atoms with Crippen LogP contribution in [0.15, 0.2) is 0 Å². The van der Waals surface area contributed by atoms with E-state index in [1.807, 2.05) is 13.8 Å². The number of hydrogen-bond donors (Lipinski definition) is 1. The number of hydrogen-bond acceptors (Lipinski definition) is 4. The normalized spacial score (nSPS) is 26.8. The molecule has 0 aromatic carbocycles. The average Bonchev–Trinajstić information content (AvgIpc) is 2.26. The van der Waals surface area contributed by atoms with E-state index in [1.165, 1.54) is 32.0 Å². The monoisotopic (exact) mass is 341 g/mol. The van der Waals surface area contributed by atoms with E-state index in [9.17, 15) is 21.4 Å². The summed E-state index contributed by atoms with van der Waals surface area (Å²) in [6.45, 7) is 8.90. The van der Waals surface area contributed by atoms with Crippen molar-refractivity contribution < 1.29 is 21.4 Å². The van der Waals surface area contributed by atoms with E-state index in [4.69, 9.17) is 0 Å². The van der Waals surface area contributed by atoms with Gasteiger partial charge in [-0.1, -0.05) is 6.42 Å². The molecule has 1 fully saturated rings. The van der Waals surface area contributed by atoms with Crippen molar-refractivity contribution in [2.45, 2.75) is 82.4 Å². The molecular formula is C13H27NO5S2. The Hall–Kier alpha value is -0.180. The highest BCUT2D eigenvalue weighted by molar-refractivity contribution is 7.93. The molecule has 0 radical (unpaired) electrons. The zero-order valence-electron chi connectivity index (χ0n) is 13.6. The minimum atomic E-state index is -4.52. The van der Waals surface area contributed by atoms with Gasteiger partial charge in [0, 0.05) is 12.1 Å². The van der Waals surface area contributed by atoms with Crippen LogP contribution in [-0.4, -0.2) is 47.3 Å². The molecule has 2 unspecified atom stereocenters. The third kappa shape index (κ3) is 2.87. The van der Waals surface area contributed by atoms with Gasteiger partial charge in [0.15, 0.2) is 0 Å². The highest BCUT2D eigenvalue weighted by atomic mass is 32.2. The Balaban J connectivity index is 3.41. The molecule has 1 N–H and O–H groups in total. The van der Waals surface area contributed by atoms with Crippen molar-refractivity contribution in [1.29, 1.82) is 0 Å². The molecule has 1 aliphatic rings. The van der Waals surface area contributed by atoms with Crippen LogP contribution in [0.4, 0.5) is 0 Å². The van der Waals surface area contributed by atoms with Gasteiger partial charge in [0.2, 0.25) is 10.0 Å². The van der Waals surface area contributed by atoms with Crippen molar-refractivity contribution in [2.75, 3.05) is 0 Å². The molecular weight excluding hydrogens is 314 g/mol. The van der Waals surface area contributed by atoms with Crippen molar-refractivity contribution in [1.82, 2.24) is 4.31 Å². The molecule has 0 bridgehead atoms. The van der Waals surface area contributed by atoms with Crippen LogP contribution in [0.2, 0.25) is 0 Å². The minimum absolute atomic E-state index is 0.171. The second-order valence-corrected chi connectivity index (χ2v) is 11.3. The molecule has 1 heterocycles. The van der Waals surface area contributed by atoms with Crippen LogP contribution in [0, 0.1) is 0 Å². The third-order valence-corrected chi connectivity index (χ3v) is 10.1. The Morgan fingerprint density at radius 2 is 1.29 bits per heavy atom. The Morgan fingerprint density at radius 1 is 0.905 bits per heavy atom. The molecule has 0 aromatic heterocycles. The molecule has 2 atom stereocenters. The van der Waals surface area contributed by atoms with Gasteiger partial charge in [-0.15, -0.1) is 0 Å². The largest absolute Gasteiger partial charge is 0.285 e. The molecule has 126 valence electrons. The van der Waals surface area contributed by atoms with Crippen LogP contribution in [-0.2, 0) is 20.1 Å². The maximum Gasteiger partial charge on any atom is 0.271 e. The molecule has 1 saturated heterocycles. The van der Waals surface area contributed by atoms with Gasteiger partial charge in [0.05, 0.1) is 0 Å². The Labute approximate surface area is 128 Å². The first kappa shape index (κ1) is 18.9. The van der Waals surface area contributed by atoms with Gasteiger partial charge < -0.3 is 0 Å². The average molecular weight is 341 g/mol. The number of rotatable bonds is 4. The van der Waals surface area contributed by atoms with Crippen LogP contribution in [0.5, 0.6) is 0 Å². The van der Waals surface area contributed by atoms with Crippen LogP contribution < -0.4 is 0 Å². The summed E-state index contributed by atoms with van der Waals surface area (Å²) in [5.74, 6) is 0. The van der Waals surface area contributed by atoms with E-state index in [1.54, 1.807) is 0 Å². The fraction of sp³-hybridized carbons (Fsp3) is 1.00. The minimum Gasteiger partial charge on any atom is -0.285 e. The van der Waals surface area contributed by atoms with Crippen molar-refractivity contribution >= 4 is 20.1 Å². The van der Waals surface area contributed by atoms with Gasteiger partial charge in [-0.2, -0.15) is 12.7 Å². The van der Waals surface area contributed by atoms with E-state index in [2.05, 4.69) is 0 Å². The summed E-state index contributed by atoms with van der Waals surface area (Å²) in [6, 6.07) is -0.342. The summed E-state index contributed by atoms with van der Waals surface area (Å²) >= 11 is 0. The van der Waals surface area contributed by atoms with Crippen molar-refractivity contribution in [2.24, 2.45) is 0 Å². The van der Waals surface area contributed by atoms with E-state index in [0.29, 0.717) is 0 Å². The Kier molecular flexibility index (Phi) is 4.92. The molecule has 0 aliphatic carbocycles. The first-order valence-electron chi connectivity index (χ1n) is 7.18. The zero-order chi connectivity index (χ0) is 16.9. The van der Waals surface area contributed by atoms with Gasteiger partial charge in [0.25, 0.3) is 10.1 Å². The second kappa shape index (κ2) is 5.47. The topological polar surface area (TPSA) is 91.8 Å². The summed E-state index contributed by atoms with van der Waals surface area (Å²) in [5.41, 5.74) is 0. The number of sulfonamides is 1. The summed E-state index contributed by atoms with van der Waals surface area (Å²) in [4.78, 5) is 0. The number of piperidine rings is 1. The van der Waals surface area contributed by atoms with Gasteiger partial charge >= 0.3 is 0 Å². The summed E-state index contributed by atoms with van der Waals surface area (Å²) < 4.78 is 56.9. The maximum absolute atomic E-state index is 13.1. The van der Waals surface area contributed by atoms with Crippen LogP contribution in [0.25, 0.3) is 0 Å². The van der Waals surface area contributed by atoms with E-state index >= 15 is 0 Å². The smallest absolute Gasteiger partial charge is 0.271 e. The SMILES string of the molecule is CC1CCCC(C)N1S(=O)(=O)C(C)(C)C(C)(C)S(=O)(=O)O. The van der Waals surface area contributed by atoms with E-state index in [-0.39, 0.29) is 12.1 Å². The van der Waals surface area contributed by atoms with Crippen LogP contribution in [0.1, 0.15) is 60.8 Å². The molecule has 0 saturated carbocycles. The highest BCUT2D eigenvalue weighted by Crippen LogP contribution is 2.40. The lowest BCUT2D eigenvalue weighted by Crippen LogP contribution is -2.63. The molecule has 0 amide bonds. The molecule has 6 nitrogen and oxygen atoms in total. The standard InChI is InChI=1S/C13H27NO5S2/c1-10-8-7-9-11(2)14(10)20(15,16)12(3,4)13(5,6)21(17,18)19/h10-11H,7-9H2,1-6H3,(H,17,18,19). The molecule has 8 heteroatoms. The lowest BCUT2D eigenvalue weighted by molar-refractivity contribution is 0.196. The fourth-order valence-electron chi connectivity index (χ4n) is 2.76. The van der Waals surface area contributed by atoms with Gasteiger partial charge in [-0.05, 0) is 54.4 Å². The molecule has 21 heavy (non-hydrogen) atoms. The van der Waals surface area contributed by atoms with Crippen molar-refractivity contribution in [3.05, 3.63) is 0 Å². The van der Waals surface area contributed by atoms with Crippen LogP contribution in [0.3, 0.4) is 0 Å². The summed E-state index contributed by atoms with van der Waals surface area (Å²) in [5, 5.41) is 0. The Bertz CT molecular complexity index is 582. The third-order valence-electron chi connectivity index (χ3n) is 5.13. The highest BCUT2D eigenvalue weighted by Gasteiger charge is 2.58. The first-order chi connectivity index (χ1) is 9.18. The van der Waals surface area contributed by atoms with Gasteiger partial charge in [-0.3, -0.25) is 4.55 Å². The van der Waals surface area contributed by atoms with Gasteiger partial charge in [0.1, 0.15) is 9.49 Å². The molecule has 0 aromatic rings. The van der Waals surface area contributed by atoms with E-state index in [0.717, 1.165) is 19.3 Å². The molecule has 1 rings (SSSR count). The predicted molar refractivity (Wildman–Crippen MR) is 83.2 cm³/mol. The zero-order valence-corrected chi connectivity index (χ0v) is 15.3. The lowest BCUT2D eigenvalue weighted by Gasteiger charge is -2.46. The predicted octanol–water partition coefficient (Wildman–Crippen LogP) is 2.02. The molecule has 0 spiro atoms. The summed E-state index contributed by atoms with van der Waals surface area (Å²) in [6.07, 6.45) is 2.47. The lowest BCUT2D eigenvalue weighted by atomic mass is 9.98. The second-order valence-electron chi connectivity index (χ2n) is 6.96. The number of nitrogens with zero attached hydrogens (tertiary/aromatic N) is 1. The van der Waals surface area contributed by atoms with Crippen LogP contribution >= 0.6 is 0 Å². The quantitative estimate of drug-likeness (QED) is 0.790. The van der Waals surface area contributed by atoms with Crippen molar-refractivity contribution in [3.8, 4) is 0 Å². The summed E-state index contributed by atoms with van der Waals surface area (Å²) in [7, 11) is -8.43.